The minimum Gasteiger partial charge on any atom is -0.480 e. The molecule has 0 amide bonds. The van der Waals surface area contributed by atoms with Gasteiger partial charge in [-0.1, -0.05) is 13.8 Å². The van der Waals surface area contributed by atoms with Crippen molar-refractivity contribution in [3.63, 3.8) is 0 Å². The van der Waals surface area contributed by atoms with Crippen LogP contribution in [0.3, 0.4) is 0 Å². The van der Waals surface area contributed by atoms with E-state index in [4.69, 9.17) is 5.11 Å². The number of aliphatic carboxylic acids is 1. The zero-order valence-corrected chi connectivity index (χ0v) is 10.8. The van der Waals surface area contributed by atoms with Gasteiger partial charge in [-0.25, -0.2) is 4.98 Å². The van der Waals surface area contributed by atoms with Crippen molar-refractivity contribution in [1.29, 1.82) is 0 Å². The molecule has 102 valence electrons. The number of aromatic nitrogens is 2. The Morgan fingerprint density at radius 1 is 1.56 bits per heavy atom. The zero-order chi connectivity index (χ0) is 13.5. The van der Waals surface area contributed by atoms with E-state index >= 15 is 0 Å². The molecule has 6 heteroatoms. The van der Waals surface area contributed by atoms with Gasteiger partial charge in [-0.2, -0.15) is 0 Å². The number of H-pyrrole nitrogens is 1. The molecule has 1 rings (SSSR count). The first kappa shape index (κ1) is 14.7. The van der Waals surface area contributed by atoms with Crippen LogP contribution in [-0.4, -0.2) is 44.8 Å². The Balaban J connectivity index is 2.56. The zero-order valence-electron chi connectivity index (χ0n) is 10.8. The highest BCUT2D eigenvalue weighted by molar-refractivity contribution is 5.73. The number of hydrogen-bond acceptors (Lipinski definition) is 4. The van der Waals surface area contributed by atoms with E-state index in [0.717, 1.165) is 5.69 Å². The summed E-state index contributed by atoms with van der Waals surface area (Å²) in [4.78, 5) is 18.0. The van der Waals surface area contributed by atoms with Crippen LogP contribution in [0.4, 0.5) is 0 Å². The lowest BCUT2D eigenvalue weighted by Crippen LogP contribution is -2.46. The molecule has 4 N–H and O–H groups in total. The maximum atomic E-state index is 11.1. The summed E-state index contributed by atoms with van der Waals surface area (Å²) in [5, 5.41) is 21.4. The lowest BCUT2D eigenvalue weighted by Gasteiger charge is -2.22. The number of rotatable bonds is 8. The monoisotopic (exact) mass is 255 g/mol. The average Bonchev–Trinajstić information content (AvgIpc) is 2.79. The third-order valence-corrected chi connectivity index (χ3v) is 2.67. The normalized spacial score (nSPS) is 14.7. The third kappa shape index (κ3) is 4.85. The van der Waals surface area contributed by atoms with E-state index in [0.29, 0.717) is 12.8 Å². The van der Waals surface area contributed by atoms with Gasteiger partial charge in [0.15, 0.2) is 0 Å². The predicted octanol–water partition coefficient (Wildman–Crippen LogP) is 0.402. The SMILES string of the molecule is CC(C)CC(N[C@H](CO)Cc1c[nH]cn1)C(=O)O. The van der Waals surface area contributed by atoms with Gasteiger partial charge in [0.05, 0.1) is 18.6 Å². The van der Waals surface area contributed by atoms with Crippen LogP contribution in [0, 0.1) is 5.92 Å². The summed E-state index contributed by atoms with van der Waals surface area (Å²) in [7, 11) is 0. The summed E-state index contributed by atoms with van der Waals surface area (Å²) in [5.74, 6) is -0.604. The largest absolute Gasteiger partial charge is 0.480 e. The van der Waals surface area contributed by atoms with Gasteiger partial charge in [0, 0.05) is 18.7 Å². The molecular weight excluding hydrogens is 234 g/mol. The molecular formula is C12H21N3O3. The number of nitrogens with zero attached hydrogens (tertiary/aromatic N) is 1. The van der Waals surface area contributed by atoms with E-state index in [1.807, 2.05) is 13.8 Å². The molecule has 0 fully saturated rings. The first-order chi connectivity index (χ1) is 8.52. The molecule has 0 bridgehead atoms. The van der Waals surface area contributed by atoms with Crippen LogP contribution in [0.15, 0.2) is 12.5 Å². The number of aliphatic hydroxyl groups is 1. The molecule has 1 unspecified atom stereocenters. The minimum atomic E-state index is -0.885. The average molecular weight is 255 g/mol. The fourth-order valence-electron chi connectivity index (χ4n) is 1.83. The maximum absolute atomic E-state index is 11.1. The van der Waals surface area contributed by atoms with Crippen LogP contribution in [0.2, 0.25) is 0 Å². The van der Waals surface area contributed by atoms with Crippen molar-refractivity contribution < 1.29 is 15.0 Å². The van der Waals surface area contributed by atoms with Crippen LogP contribution < -0.4 is 5.32 Å². The van der Waals surface area contributed by atoms with E-state index in [-0.39, 0.29) is 18.6 Å². The smallest absolute Gasteiger partial charge is 0.320 e. The van der Waals surface area contributed by atoms with Gasteiger partial charge in [0.1, 0.15) is 6.04 Å². The van der Waals surface area contributed by atoms with Gasteiger partial charge >= 0.3 is 5.97 Å². The molecule has 1 aromatic heterocycles. The van der Waals surface area contributed by atoms with Crippen molar-refractivity contribution in [3.05, 3.63) is 18.2 Å². The standard InChI is InChI=1S/C12H21N3O3/c1-8(2)3-11(12(17)18)15-10(6-16)4-9-5-13-7-14-9/h5,7-8,10-11,15-16H,3-4,6H2,1-2H3,(H,13,14)(H,17,18)/t10-,11?/m0/s1. The van der Waals surface area contributed by atoms with Crippen molar-refractivity contribution in [1.82, 2.24) is 15.3 Å². The van der Waals surface area contributed by atoms with Crippen LogP contribution in [0.5, 0.6) is 0 Å². The second-order valence-electron chi connectivity index (χ2n) is 4.83. The topological polar surface area (TPSA) is 98.2 Å². The second-order valence-corrected chi connectivity index (χ2v) is 4.83. The summed E-state index contributed by atoms with van der Waals surface area (Å²) in [6.07, 6.45) is 4.34. The Hall–Kier alpha value is -1.40. The van der Waals surface area contributed by atoms with Crippen molar-refractivity contribution in [2.45, 2.75) is 38.8 Å². The summed E-state index contributed by atoms with van der Waals surface area (Å²) in [6, 6.07) is -0.936. The van der Waals surface area contributed by atoms with Crippen molar-refractivity contribution in [2.75, 3.05) is 6.61 Å². The molecule has 6 nitrogen and oxygen atoms in total. The van der Waals surface area contributed by atoms with E-state index in [2.05, 4.69) is 15.3 Å². The van der Waals surface area contributed by atoms with Gasteiger partial charge in [-0.3, -0.25) is 10.1 Å². The van der Waals surface area contributed by atoms with E-state index in [1.54, 1.807) is 12.5 Å². The van der Waals surface area contributed by atoms with Gasteiger partial charge in [-0.15, -0.1) is 0 Å². The molecule has 0 saturated carbocycles. The van der Waals surface area contributed by atoms with E-state index in [9.17, 15) is 9.90 Å². The molecule has 0 spiro atoms. The van der Waals surface area contributed by atoms with Crippen LogP contribution >= 0.6 is 0 Å². The van der Waals surface area contributed by atoms with Crippen molar-refractivity contribution in [2.24, 2.45) is 5.92 Å². The minimum absolute atomic E-state index is 0.116. The van der Waals surface area contributed by atoms with Gasteiger partial charge < -0.3 is 15.2 Å². The number of aliphatic hydroxyl groups excluding tert-OH is 1. The molecule has 18 heavy (non-hydrogen) atoms. The predicted molar refractivity (Wildman–Crippen MR) is 67.2 cm³/mol. The lowest BCUT2D eigenvalue weighted by atomic mass is 10.0. The van der Waals surface area contributed by atoms with Crippen molar-refractivity contribution in [3.8, 4) is 0 Å². The number of aromatic amines is 1. The number of nitrogens with one attached hydrogen (secondary N) is 2. The quantitative estimate of drug-likeness (QED) is 0.539. The first-order valence-corrected chi connectivity index (χ1v) is 6.10. The Kier molecular flexibility index (Phi) is 5.80. The summed E-state index contributed by atoms with van der Waals surface area (Å²) < 4.78 is 0. The molecule has 0 radical (unpaired) electrons. The van der Waals surface area contributed by atoms with Crippen molar-refractivity contribution >= 4 is 5.97 Å². The number of imidazole rings is 1. The Morgan fingerprint density at radius 3 is 2.72 bits per heavy atom. The molecule has 0 saturated heterocycles. The third-order valence-electron chi connectivity index (χ3n) is 2.67. The molecule has 1 aromatic rings. The Labute approximate surface area is 106 Å². The highest BCUT2D eigenvalue weighted by Crippen LogP contribution is 2.07. The van der Waals surface area contributed by atoms with Crippen LogP contribution in [0.1, 0.15) is 26.0 Å². The van der Waals surface area contributed by atoms with Gasteiger partial charge in [0.25, 0.3) is 0 Å². The fourth-order valence-corrected chi connectivity index (χ4v) is 1.83. The van der Waals surface area contributed by atoms with Gasteiger partial charge in [-0.05, 0) is 12.3 Å². The summed E-state index contributed by atoms with van der Waals surface area (Å²) in [6.45, 7) is 3.83. The maximum Gasteiger partial charge on any atom is 0.320 e. The summed E-state index contributed by atoms with van der Waals surface area (Å²) in [5.41, 5.74) is 0.801. The highest BCUT2D eigenvalue weighted by atomic mass is 16.4. The van der Waals surface area contributed by atoms with Gasteiger partial charge in [0.2, 0.25) is 0 Å². The van der Waals surface area contributed by atoms with Crippen LogP contribution in [0.25, 0.3) is 0 Å². The van der Waals surface area contributed by atoms with E-state index < -0.39 is 12.0 Å². The first-order valence-electron chi connectivity index (χ1n) is 6.10. The Morgan fingerprint density at radius 2 is 2.28 bits per heavy atom. The molecule has 1 heterocycles. The molecule has 0 aromatic carbocycles. The number of carboxylic acids is 1. The van der Waals surface area contributed by atoms with Crippen LogP contribution in [-0.2, 0) is 11.2 Å². The summed E-state index contributed by atoms with van der Waals surface area (Å²) >= 11 is 0. The molecule has 0 aliphatic carbocycles. The number of hydrogen-bond donors (Lipinski definition) is 4. The second kappa shape index (κ2) is 7.13. The highest BCUT2D eigenvalue weighted by Gasteiger charge is 2.22. The molecule has 2 atom stereocenters. The fraction of sp³-hybridized carbons (Fsp3) is 0.667. The molecule has 0 aliphatic rings. The van der Waals surface area contributed by atoms with E-state index in [1.165, 1.54) is 0 Å². The number of carbonyl (C=O) groups is 1. The Bertz CT molecular complexity index is 351. The number of carboxylic acid groups (broad SMARTS) is 1. The lowest BCUT2D eigenvalue weighted by molar-refractivity contribution is -0.140. The molecule has 0 aliphatic heterocycles.